The van der Waals surface area contributed by atoms with Gasteiger partial charge in [-0.15, -0.1) is 0 Å². The maximum atomic E-state index is 12.7. The largest absolute Gasteiger partial charge is 0.398 e. The summed E-state index contributed by atoms with van der Waals surface area (Å²) in [6.45, 7) is 2.58. The van der Waals surface area contributed by atoms with Crippen molar-refractivity contribution in [2.24, 2.45) is 0 Å². The fourth-order valence-electron chi connectivity index (χ4n) is 2.41. The number of rotatable bonds is 2. The van der Waals surface area contributed by atoms with Gasteiger partial charge in [0, 0.05) is 22.7 Å². The molecule has 4 nitrogen and oxygen atoms in total. The van der Waals surface area contributed by atoms with Crippen LogP contribution in [0.4, 0.5) is 5.69 Å². The highest BCUT2D eigenvalue weighted by atomic mass is 79.9. The summed E-state index contributed by atoms with van der Waals surface area (Å²) in [5.74, 6) is 0. The van der Waals surface area contributed by atoms with Crippen LogP contribution in [0.2, 0.25) is 0 Å². The summed E-state index contributed by atoms with van der Waals surface area (Å²) in [4.78, 5) is 0.308. The third-order valence-corrected chi connectivity index (χ3v) is 6.27. The average molecular weight is 347 g/mol. The summed E-state index contributed by atoms with van der Waals surface area (Å²) < 4.78 is 27.6. The monoisotopic (exact) mass is 346 g/mol. The second kappa shape index (κ2) is 5.81. The van der Waals surface area contributed by atoms with E-state index in [0.717, 1.165) is 25.7 Å². The van der Waals surface area contributed by atoms with Crippen molar-refractivity contribution in [3.8, 4) is 0 Å². The van der Waals surface area contributed by atoms with Gasteiger partial charge in [-0.05, 0) is 53.9 Å². The first-order valence-electron chi connectivity index (χ1n) is 6.50. The Labute approximate surface area is 123 Å². The topological polar surface area (TPSA) is 63.4 Å². The molecule has 0 spiro atoms. The summed E-state index contributed by atoms with van der Waals surface area (Å²) in [7, 11) is -3.43. The van der Waals surface area contributed by atoms with E-state index >= 15 is 0 Å². The minimum atomic E-state index is -3.43. The zero-order chi connectivity index (χ0) is 14.0. The molecule has 1 aromatic rings. The fraction of sp³-hybridized carbons (Fsp3) is 0.538. The van der Waals surface area contributed by atoms with Gasteiger partial charge in [0.1, 0.15) is 0 Å². The van der Waals surface area contributed by atoms with Crippen molar-refractivity contribution in [2.45, 2.75) is 43.5 Å². The Morgan fingerprint density at radius 1 is 1.32 bits per heavy atom. The molecule has 19 heavy (non-hydrogen) atoms. The SMILES string of the molecule is CC1CCCCCN1S(=O)(=O)c1ccc(N)c(Br)c1. The first-order valence-corrected chi connectivity index (χ1v) is 8.73. The van der Waals surface area contributed by atoms with E-state index in [0.29, 0.717) is 21.6 Å². The number of benzene rings is 1. The van der Waals surface area contributed by atoms with Crippen LogP contribution < -0.4 is 5.73 Å². The normalized spacial score (nSPS) is 22.1. The second-order valence-corrected chi connectivity index (χ2v) is 7.74. The zero-order valence-corrected chi connectivity index (χ0v) is 13.4. The Bertz CT molecular complexity index is 560. The van der Waals surface area contributed by atoms with Crippen LogP contribution >= 0.6 is 15.9 Å². The standard InChI is InChI=1S/C13H19BrN2O2S/c1-10-5-3-2-4-8-16(10)19(17,18)11-6-7-13(15)12(14)9-11/h6-7,9-10H,2-5,8,15H2,1H3. The maximum absolute atomic E-state index is 12.7. The van der Waals surface area contributed by atoms with Crippen molar-refractivity contribution in [1.29, 1.82) is 0 Å². The highest BCUT2D eigenvalue weighted by molar-refractivity contribution is 9.10. The van der Waals surface area contributed by atoms with Gasteiger partial charge in [-0.25, -0.2) is 8.42 Å². The first kappa shape index (κ1) is 14.8. The molecule has 0 amide bonds. The van der Waals surface area contributed by atoms with Gasteiger partial charge in [-0.2, -0.15) is 4.31 Å². The highest BCUT2D eigenvalue weighted by Gasteiger charge is 2.30. The number of nitrogens with two attached hydrogens (primary N) is 1. The molecule has 1 aliphatic heterocycles. The van der Waals surface area contributed by atoms with Crippen molar-refractivity contribution >= 4 is 31.6 Å². The van der Waals surface area contributed by atoms with E-state index in [2.05, 4.69) is 15.9 Å². The molecule has 1 unspecified atom stereocenters. The quantitative estimate of drug-likeness (QED) is 0.837. The Morgan fingerprint density at radius 2 is 2.05 bits per heavy atom. The van der Waals surface area contributed by atoms with Gasteiger partial charge in [0.05, 0.1) is 4.90 Å². The fourth-order valence-corrected chi connectivity index (χ4v) is 4.67. The average Bonchev–Trinajstić information content (AvgIpc) is 2.57. The van der Waals surface area contributed by atoms with E-state index < -0.39 is 10.0 Å². The Hall–Kier alpha value is -0.590. The predicted octanol–water partition coefficient (Wildman–Crippen LogP) is 2.98. The first-order chi connectivity index (χ1) is 8.93. The minimum absolute atomic E-state index is 0.0591. The van der Waals surface area contributed by atoms with Crippen LogP contribution in [-0.4, -0.2) is 25.3 Å². The summed E-state index contributed by atoms with van der Waals surface area (Å²) in [5.41, 5.74) is 6.25. The van der Waals surface area contributed by atoms with E-state index in [1.165, 1.54) is 0 Å². The van der Waals surface area contributed by atoms with Gasteiger partial charge in [0.25, 0.3) is 0 Å². The summed E-state index contributed by atoms with van der Waals surface area (Å²) in [6, 6.07) is 4.85. The molecule has 106 valence electrons. The number of nitrogen functional groups attached to an aromatic ring is 1. The van der Waals surface area contributed by atoms with Crippen LogP contribution in [0.25, 0.3) is 0 Å². The Kier molecular flexibility index (Phi) is 4.53. The third kappa shape index (κ3) is 3.12. The number of hydrogen-bond acceptors (Lipinski definition) is 3. The van der Waals surface area contributed by atoms with Crippen LogP contribution in [-0.2, 0) is 10.0 Å². The number of hydrogen-bond donors (Lipinski definition) is 1. The lowest BCUT2D eigenvalue weighted by Crippen LogP contribution is -2.38. The van der Waals surface area contributed by atoms with Crippen LogP contribution in [0.1, 0.15) is 32.6 Å². The molecule has 0 radical (unpaired) electrons. The number of anilines is 1. The molecule has 1 aliphatic rings. The highest BCUT2D eigenvalue weighted by Crippen LogP contribution is 2.28. The van der Waals surface area contributed by atoms with E-state index in [4.69, 9.17) is 5.73 Å². The molecule has 0 bridgehead atoms. The molecule has 2 N–H and O–H groups in total. The third-order valence-electron chi connectivity index (χ3n) is 3.57. The van der Waals surface area contributed by atoms with E-state index in [1.54, 1.807) is 22.5 Å². The summed E-state index contributed by atoms with van der Waals surface area (Å²) in [6.07, 6.45) is 4.05. The number of sulfonamides is 1. The predicted molar refractivity (Wildman–Crippen MR) is 80.4 cm³/mol. The molecule has 6 heteroatoms. The van der Waals surface area contributed by atoms with E-state index in [-0.39, 0.29) is 6.04 Å². The van der Waals surface area contributed by atoms with Crippen molar-refractivity contribution in [1.82, 2.24) is 4.31 Å². The van der Waals surface area contributed by atoms with Gasteiger partial charge in [0.15, 0.2) is 0 Å². The van der Waals surface area contributed by atoms with Crippen molar-refractivity contribution < 1.29 is 8.42 Å². The van der Waals surface area contributed by atoms with E-state index in [1.807, 2.05) is 6.92 Å². The smallest absolute Gasteiger partial charge is 0.243 e. The molecule has 1 atom stereocenters. The minimum Gasteiger partial charge on any atom is -0.398 e. The van der Waals surface area contributed by atoms with Crippen LogP contribution in [0.5, 0.6) is 0 Å². The second-order valence-electron chi connectivity index (χ2n) is 5.00. The lowest BCUT2D eigenvalue weighted by atomic mass is 10.1. The lowest BCUT2D eigenvalue weighted by molar-refractivity contribution is 0.342. The van der Waals surface area contributed by atoms with Crippen molar-refractivity contribution in [3.05, 3.63) is 22.7 Å². The zero-order valence-electron chi connectivity index (χ0n) is 11.0. The van der Waals surface area contributed by atoms with Crippen molar-refractivity contribution in [3.63, 3.8) is 0 Å². The van der Waals surface area contributed by atoms with Crippen LogP contribution in [0.3, 0.4) is 0 Å². The molecule has 1 heterocycles. The van der Waals surface area contributed by atoms with Gasteiger partial charge in [0.2, 0.25) is 10.0 Å². The van der Waals surface area contributed by atoms with Gasteiger partial charge < -0.3 is 5.73 Å². The molecule has 2 rings (SSSR count). The van der Waals surface area contributed by atoms with Crippen molar-refractivity contribution in [2.75, 3.05) is 12.3 Å². The van der Waals surface area contributed by atoms with Gasteiger partial charge in [-0.1, -0.05) is 12.8 Å². The number of halogens is 1. The van der Waals surface area contributed by atoms with Crippen LogP contribution in [0, 0.1) is 0 Å². The number of nitrogens with zero attached hydrogens (tertiary/aromatic N) is 1. The molecule has 1 saturated heterocycles. The Balaban J connectivity index is 2.37. The molecule has 1 fully saturated rings. The van der Waals surface area contributed by atoms with Gasteiger partial charge in [-0.3, -0.25) is 0 Å². The molecule has 0 aromatic heterocycles. The van der Waals surface area contributed by atoms with Gasteiger partial charge >= 0.3 is 0 Å². The summed E-state index contributed by atoms with van der Waals surface area (Å²) >= 11 is 3.29. The maximum Gasteiger partial charge on any atom is 0.243 e. The Morgan fingerprint density at radius 3 is 2.74 bits per heavy atom. The molecular formula is C13H19BrN2O2S. The van der Waals surface area contributed by atoms with Crippen LogP contribution in [0.15, 0.2) is 27.6 Å². The lowest BCUT2D eigenvalue weighted by Gasteiger charge is -2.26. The molecule has 1 aromatic carbocycles. The molecule has 0 saturated carbocycles. The molecular weight excluding hydrogens is 328 g/mol. The summed E-state index contributed by atoms with van der Waals surface area (Å²) in [5, 5.41) is 0. The van der Waals surface area contributed by atoms with E-state index in [9.17, 15) is 8.42 Å². The molecule has 0 aliphatic carbocycles.